The molecule has 1 fully saturated rings. The highest BCUT2D eigenvalue weighted by Crippen LogP contribution is 2.60. The first-order valence-corrected chi connectivity index (χ1v) is 12.5. The average molecular weight is 403 g/mol. The maximum Gasteiger partial charge on any atom is 0.0733 e. The lowest BCUT2D eigenvalue weighted by molar-refractivity contribution is 0.369. The Balaban J connectivity index is 1.45. The first-order chi connectivity index (χ1) is 13.7. The van der Waals surface area contributed by atoms with Crippen molar-refractivity contribution in [3.63, 3.8) is 0 Å². The SMILES string of the molecule is OS1(O)C(CCCNC2CCCCC2)CC2=C(CCC=C2)N1c1ccccc1. The van der Waals surface area contributed by atoms with Gasteiger partial charge in [0.1, 0.15) is 0 Å². The van der Waals surface area contributed by atoms with Crippen molar-refractivity contribution in [3.05, 3.63) is 53.8 Å². The molecule has 1 aromatic rings. The van der Waals surface area contributed by atoms with Crippen molar-refractivity contribution in [1.82, 2.24) is 5.32 Å². The summed E-state index contributed by atoms with van der Waals surface area (Å²) in [4.78, 5) is 0. The highest BCUT2D eigenvalue weighted by atomic mass is 32.3. The third-order valence-electron chi connectivity index (χ3n) is 6.38. The Labute approximate surface area is 171 Å². The molecule has 1 aliphatic heterocycles. The number of allylic oxidation sites excluding steroid dienone is 4. The van der Waals surface area contributed by atoms with Crippen LogP contribution in [0.3, 0.4) is 0 Å². The van der Waals surface area contributed by atoms with E-state index in [-0.39, 0.29) is 5.25 Å². The summed E-state index contributed by atoms with van der Waals surface area (Å²) in [6, 6.07) is 10.6. The quantitative estimate of drug-likeness (QED) is 0.493. The molecule has 1 atom stereocenters. The number of benzene rings is 1. The predicted octanol–water partition coefficient (Wildman–Crippen LogP) is 6.24. The van der Waals surface area contributed by atoms with E-state index >= 15 is 0 Å². The molecule has 0 bridgehead atoms. The normalized spacial score (nSPS) is 26.2. The number of rotatable bonds is 6. The molecular formula is C23H34N2O2S. The second kappa shape index (κ2) is 9.04. The zero-order valence-electron chi connectivity index (χ0n) is 16.7. The smallest absolute Gasteiger partial charge is 0.0733 e. The first-order valence-electron chi connectivity index (χ1n) is 10.9. The minimum Gasteiger partial charge on any atom is -0.314 e. The van der Waals surface area contributed by atoms with Crippen LogP contribution in [0.5, 0.6) is 0 Å². The minimum absolute atomic E-state index is 0.109. The van der Waals surface area contributed by atoms with Crippen LogP contribution in [0.25, 0.3) is 0 Å². The van der Waals surface area contributed by atoms with Gasteiger partial charge in [0.05, 0.1) is 10.9 Å². The van der Waals surface area contributed by atoms with E-state index < -0.39 is 10.8 Å². The van der Waals surface area contributed by atoms with Gasteiger partial charge in [0.25, 0.3) is 0 Å². The highest BCUT2D eigenvalue weighted by molar-refractivity contribution is 8.26. The summed E-state index contributed by atoms with van der Waals surface area (Å²) in [6.45, 7) is 0.976. The second-order valence-corrected chi connectivity index (χ2v) is 10.5. The molecule has 28 heavy (non-hydrogen) atoms. The van der Waals surface area contributed by atoms with Crippen LogP contribution in [0.4, 0.5) is 5.69 Å². The topological polar surface area (TPSA) is 55.7 Å². The fourth-order valence-corrected chi connectivity index (χ4v) is 7.01. The molecule has 3 N–H and O–H groups in total. The van der Waals surface area contributed by atoms with Crippen molar-refractivity contribution >= 4 is 16.5 Å². The summed E-state index contributed by atoms with van der Waals surface area (Å²) in [6.07, 6.45) is 15.5. The summed E-state index contributed by atoms with van der Waals surface area (Å²) in [5.41, 5.74) is 3.28. The van der Waals surface area contributed by atoms with Crippen LogP contribution in [0.1, 0.15) is 64.2 Å². The Morgan fingerprint density at radius 3 is 2.64 bits per heavy atom. The number of hydrogen-bond donors (Lipinski definition) is 3. The number of anilines is 1. The fourth-order valence-electron chi connectivity index (χ4n) is 4.87. The predicted molar refractivity (Wildman–Crippen MR) is 120 cm³/mol. The van der Waals surface area contributed by atoms with Crippen LogP contribution in [0.2, 0.25) is 0 Å². The van der Waals surface area contributed by atoms with Crippen LogP contribution >= 0.6 is 10.8 Å². The average Bonchev–Trinajstić information content (AvgIpc) is 2.72. The molecule has 1 saturated carbocycles. The number of para-hydroxylation sites is 1. The van der Waals surface area contributed by atoms with E-state index in [4.69, 9.17) is 0 Å². The van der Waals surface area contributed by atoms with Crippen molar-refractivity contribution in [3.8, 4) is 0 Å². The molecule has 1 aromatic carbocycles. The zero-order valence-corrected chi connectivity index (χ0v) is 17.5. The molecule has 4 rings (SSSR count). The molecule has 0 spiro atoms. The molecule has 0 amide bonds. The third-order valence-corrected chi connectivity index (χ3v) is 8.64. The second-order valence-electron chi connectivity index (χ2n) is 8.36. The summed E-state index contributed by atoms with van der Waals surface area (Å²) in [5, 5.41) is 3.59. The Kier molecular flexibility index (Phi) is 6.46. The van der Waals surface area contributed by atoms with Gasteiger partial charge in [0.15, 0.2) is 0 Å². The molecule has 3 aliphatic rings. The van der Waals surface area contributed by atoms with E-state index in [1.807, 2.05) is 34.6 Å². The van der Waals surface area contributed by atoms with Crippen LogP contribution in [-0.2, 0) is 0 Å². The fraction of sp³-hybridized carbons (Fsp3) is 0.565. The van der Waals surface area contributed by atoms with Gasteiger partial charge in [-0.2, -0.15) is 0 Å². The van der Waals surface area contributed by atoms with Crippen LogP contribution < -0.4 is 9.62 Å². The van der Waals surface area contributed by atoms with E-state index in [0.717, 1.165) is 50.0 Å². The Morgan fingerprint density at radius 2 is 1.86 bits per heavy atom. The van der Waals surface area contributed by atoms with Crippen molar-refractivity contribution in [1.29, 1.82) is 0 Å². The maximum absolute atomic E-state index is 11.3. The first kappa shape index (κ1) is 20.0. The summed E-state index contributed by atoms with van der Waals surface area (Å²) >= 11 is 0. The van der Waals surface area contributed by atoms with Gasteiger partial charge >= 0.3 is 0 Å². The van der Waals surface area contributed by atoms with Crippen molar-refractivity contribution in [2.75, 3.05) is 10.8 Å². The van der Waals surface area contributed by atoms with Gasteiger partial charge in [0.2, 0.25) is 0 Å². The molecule has 1 heterocycles. The lowest BCUT2D eigenvalue weighted by atomic mass is 9.95. The molecule has 0 radical (unpaired) electrons. The minimum atomic E-state index is -2.88. The van der Waals surface area contributed by atoms with E-state index in [0.29, 0.717) is 6.04 Å². The Morgan fingerprint density at radius 1 is 1.07 bits per heavy atom. The van der Waals surface area contributed by atoms with E-state index in [2.05, 4.69) is 17.5 Å². The van der Waals surface area contributed by atoms with Gasteiger partial charge < -0.3 is 5.32 Å². The van der Waals surface area contributed by atoms with Crippen molar-refractivity contribution in [2.45, 2.75) is 75.5 Å². The molecule has 0 aromatic heterocycles. The summed E-state index contributed by atoms with van der Waals surface area (Å²) in [7, 11) is -2.88. The van der Waals surface area contributed by atoms with Gasteiger partial charge in [-0.25, -0.2) is 4.31 Å². The van der Waals surface area contributed by atoms with Gasteiger partial charge in [-0.05, 0) is 69.2 Å². The molecule has 4 nitrogen and oxygen atoms in total. The summed E-state index contributed by atoms with van der Waals surface area (Å²) in [5.74, 6) is 0. The highest BCUT2D eigenvalue weighted by Gasteiger charge is 2.40. The summed E-state index contributed by atoms with van der Waals surface area (Å²) < 4.78 is 24.5. The molecule has 1 unspecified atom stereocenters. The van der Waals surface area contributed by atoms with E-state index in [1.165, 1.54) is 37.7 Å². The zero-order chi connectivity index (χ0) is 19.4. The van der Waals surface area contributed by atoms with Crippen LogP contribution in [-0.4, -0.2) is 26.9 Å². The van der Waals surface area contributed by atoms with Crippen LogP contribution in [0.15, 0.2) is 53.8 Å². The molecule has 5 heteroatoms. The standard InChI is InChI=1S/C23H34N2O2S/c26-28(27)22(15-9-17-24-20-11-3-1-4-12-20)18-19-10-7-8-16-23(19)25(28)21-13-5-2-6-14-21/h2,5-7,10,13-14,20,22,24,26-27H,1,3-4,8-9,11-12,15-18H2. The molecule has 154 valence electrons. The number of nitrogens with one attached hydrogen (secondary N) is 1. The van der Waals surface area contributed by atoms with Gasteiger partial charge in [-0.3, -0.25) is 9.11 Å². The molecule has 0 saturated heterocycles. The monoisotopic (exact) mass is 402 g/mol. The number of hydrogen-bond acceptors (Lipinski definition) is 4. The van der Waals surface area contributed by atoms with Crippen molar-refractivity contribution < 1.29 is 9.11 Å². The number of nitrogens with zero attached hydrogens (tertiary/aromatic N) is 1. The van der Waals surface area contributed by atoms with Gasteiger partial charge in [0, 0.05) is 11.7 Å². The van der Waals surface area contributed by atoms with E-state index in [9.17, 15) is 9.11 Å². The van der Waals surface area contributed by atoms with Crippen LogP contribution in [0, 0.1) is 0 Å². The lowest BCUT2D eigenvalue weighted by Crippen LogP contribution is -2.40. The Bertz CT molecular complexity index is 711. The largest absolute Gasteiger partial charge is 0.314 e. The van der Waals surface area contributed by atoms with Gasteiger partial charge in [-0.1, -0.05) is 49.6 Å². The lowest BCUT2D eigenvalue weighted by Gasteiger charge is -2.54. The van der Waals surface area contributed by atoms with Gasteiger partial charge in [-0.15, -0.1) is 10.8 Å². The van der Waals surface area contributed by atoms with E-state index in [1.54, 1.807) is 0 Å². The third kappa shape index (κ3) is 4.33. The van der Waals surface area contributed by atoms with Crippen molar-refractivity contribution in [2.24, 2.45) is 0 Å². The molecule has 2 aliphatic carbocycles. The maximum atomic E-state index is 11.3. The molecular weight excluding hydrogens is 368 g/mol. The Hall–Kier alpha value is -1.27.